The highest BCUT2D eigenvalue weighted by molar-refractivity contribution is 5.85. The van der Waals surface area contributed by atoms with Gasteiger partial charge in [-0.1, -0.05) is 42.5 Å². The fourth-order valence-electron chi connectivity index (χ4n) is 3.46. The Balaban J connectivity index is 0.00000160. The SMILES string of the molecule is C[C@@H](c1ccc(Oc2ccccc2)c(Oc2ccccc2)c1)N1CCNCC1.Cl.Cl. The molecule has 6 heteroatoms. The monoisotopic (exact) mass is 446 g/mol. The number of halogens is 2. The predicted molar refractivity (Wildman–Crippen MR) is 127 cm³/mol. The average molecular weight is 447 g/mol. The number of nitrogens with zero attached hydrogens (tertiary/aromatic N) is 1. The van der Waals surface area contributed by atoms with Gasteiger partial charge < -0.3 is 14.8 Å². The first-order chi connectivity index (χ1) is 13.8. The Morgan fingerprint density at radius 2 is 1.27 bits per heavy atom. The maximum absolute atomic E-state index is 6.20. The van der Waals surface area contributed by atoms with Gasteiger partial charge in [0.2, 0.25) is 0 Å². The second-order valence-corrected chi connectivity index (χ2v) is 7.00. The molecule has 30 heavy (non-hydrogen) atoms. The number of piperazine rings is 1. The Morgan fingerprint density at radius 1 is 0.733 bits per heavy atom. The lowest BCUT2D eigenvalue weighted by Gasteiger charge is -2.33. The maximum atomic E-state index is 6.20. The minimum atomic E-state index is 0. The summed E-state index contributed by atoms with van der Waals surface area (Å²) in [7, 11) is 0. The van der Waals surface area contributed by atoms with Crippen LogP contribution >= 0.6 is 24.8 Å². The van der Waals surface area contributed by atoms with Gasteiger partial charge in [0.15, 0.2) is 11.5 Å². The van der Waals surface area contributed by atoms with Crippen LogP contribution in [-0.2, 0) is 0 Å². The summed E-state index contributed by atoms with van der Waals surface area (Å²) in [6.07, 6.45) is 0. The van der Waals surface area contributed by atoms with Crippen molar-refractivity contribution in [3.8, 4) is 23.0 Å². The Morgan fingerprint density at radius 3 is 1.83 bits per heavy atom. The van der Waals surface area contributed by atoms with Gasteiger partial charge in [-0.25, -0.2) is 0 Å². The van der Waals surface area contributed by atoms with Gasteiger partial charge in [0.25, 0.3) is 0 Å². The van der Waals surface area contributed by atoms with Crippen LogP contribution in [0.2, 0.25) is 0 Å². The average Bonchev–Trinajstić information content (AvgIpc) is 2.76. The first-order valence-electron chi connectivity index (χ1n) is 9.84. The highest BCUT2D eigenvalue weighted by Crippen LogP contribution is 2.37. The van der Waals surface area contributed by atoms with Crippen molar-refractivity contribution < 1.29 is 9.47 Å². The van der Waals surface area contributed by atoms with Gasteiger partial charge in [-0.15, -0.1) is 24.8 Å². The van der Waals surface area contributed by atoms with Gasteiger partial charge in [-0.05, 0) is 48.9 Å². The minimum absolute atomic E-state index is 0. The van der Waals surface area contributed by atoms with Crippen LogP contribution in [-0.4, -0.2) is 31.1 Å². The number of para-hydroxylation sites is 2. The van der Waals surface area contributed by atoms with Crippen molar-refractivity contribution in [2.24, 2.45) is 0 Å². The molecule has 1 N–H and O–H groups in total. The first-order valence-corrected chi connectivity index (χ1v) is 9.84. The van der Waals surface area contributed by atoms with Crippen LogP contribution in [0, 0.1) is 0 Å². The van der Waals surface area contributed by atoms with Crippen LogP contribution in [0.25, 0.3) is 0 Å². The molecule has 4 nitrogen and oxygen atoms in total. The van der Waals surface area contributed by atoms with E-state index in [4.69, 9.17) is 9.47 Å². The zero-order chi connectivity index (χ0) is 19.2. The fourth-order valence-corrected chi connectivity index (χ4v) is 3.46. The van der Waals surface area contributed by atoms with Gasteiger partial charge in [0.05, 0.1) is 0 Å². The van der Waals surface area contributed by atoms with Crippen molar-refractivity contribution in [2.75, 3.05) is 26.2 Å². The van der Waals surface area contributed by atoms with E-state index in [0.717, 1.165) is 43.4 Å². The first kappa shape index (κ1) is 24.0. The molecule has 3 aromatic carbocycles. The molecule has 0 saturated carbocycles. The van der Waals surface area contributed by atoms with Gasteiger partial charge >= 0.3 is 0 Å². The number of hydrogen-bond acceptors (Lipinski definition) is 4. The molecule has 1 aliphatic heterocycles. The molecule has 4 rings (SSSR count). The lowest BCUT2D eigenvalue weighted by molar-refractivity contribution is 0.185. The number of rotatable bonds is 6. The summed E-state index contributed by atoms with van der Waals surface area (Å²) in [6, 6.07) is 26.2. The molecule has 0 aliphatic carbocycles. The molecule has 0 unspecified atom stereocenters. The molecule has 0 spiro atoms. The lowest BCUT2D eigenvalue weighted by Crippen LogP contribution is -2.44. The molecule has 0 bridgehead atoms. The van der Waals surface area contributed by atoms with Crippen molar-refractivity contribution in [2.45, 2.75) is 13.0 Å². The fraction of sp³-hybridized carbons (Fsp3) is 0.250. The summed E-state index contributed by atoms with van der Waals surface area (Å²) in [4.78, 5) is 2.50. The Kier molecular flexibility index (Phi) is 9.47. The van der Waals surface area contributed by atoms with E-state index in [1.54, 1.807) is 0 Å². The van der Waals surface area contributed by atoms with E-state index in [1.807, 2.05) is 66.7 Å². The van der Waals surface area contributed by atoms with E-state index >= 15 is 0 Å². The van der Waals surface area contributed by atoms with Gasteiger partial charge in [0, 0.05) is 32.2 Å². The third kappa shape index (κ3) is 6.13. The molecule has 0 amide bonds. The van der Waals surface area contributed by atoms with Gasteiger partial charge in [-0.2, -0.15) is 0 Å². The zero-order valence-electron chi connectivity index (χ0n) is 17.0. The molecular formula is C24H28Cl2N2O2. The topological polar surface area (TPSA) is 33.7 Å². The molecule has 1 heterocycles. The van der Waals surface area contributed by atoms with Crippen molar-refractivity contribution in [3.63, 3.8) is 0 Å². The van der Waals surface area contributed by atoms with Gasteiger partial charge in [0.1, 0.15) is 11.5 Å². The van der Waals surface area contributed by atoms with Crippen LogP contribution in [0.5, 0.6) is 23.0 Å². The smallest absolute Gasteiger partial charge is 0.170 e. The number of nitrogens with one attached hydrogen (secondary N) is 1. The molecular weight excluding hydrogens is 419 g/mol. The Hall–Kier alpha value is -2.24. The predicted octanol–water partition coefficient (Wildman–Crippen LogP) is 6.08. The minimum Gasteiger partial charge on any atom is -0.453 e. The van der Waals surface area contributed by atoms with E-state index in [1.165, 1.54) is 5.56 Å². The van der Waals surface area contributed by atoms with Crippen LogP contribution in [0.4, 0.5) is 0 Å². The largest absolute Gasteiger partial charge is 0.453 e. The Labute approximate surface area is 191 Å². The van der Waals surface area contributed by atoms with Crippen molar-refractivity contribution >= 4 is 24.8 Å². The molecule has 160 valence electrons. The quantitative estimate of drug-likeness (QED) is 0.497. The van der Waals surface area contributed by atoms with Crippen molar-refractivity contribution in [3.05, 3.63) is 84.4 Å². The van der Waals surface area contributed by atoms with E-state index in [-0.39, 0.29) is 24.8 Å². The molecule has 1 fully saturated rings. The van der Waals surface area contributed by atoms with Crippen molar-refractivity contribution in [1.29, 1.82) is 0 Å². The van der Waals surface area contributed by atoms with Crippen LogP contribution in [0.1, 0.15) is 18.5 Å². The second kappa shape index (κ2) is 11.8. The summed E-state index contributed by atoms with van der Waals surface area (Å²) < 4.78 is 12.3. The molecule has 1 atom stereocenters. The van der Waals surface area contributed by atoms with E-state index < -0.39 is 0 Å². The normalized spacial score (nSPS) is 14.7. The summed E-state index contributed by atoms with van der Waals surface area (Å²) >= 11 is 0. The standard InChI is InChI=1S/C24H26N2O2.2ClH/c1-19(26-16-14-25-15-17-26)20-12-13-23(27-21-8-4-2-5-9-21)24(18-20)28-22-10-6-3-7-11-22;;/h2-13,18-19,25H,14-17H2,1H3;2*1H/t19-;;/m0../s1. The summed E-state index contributed by atoms with van der Waals surface area (Å²) in [5.74, 6) is 3.04. The van der Waals surface area contributed by atoms with E-state index in [2.05, 4.69) is 29.3 Å². The maximum Gasteiger partial charge on any atom is 0.170 e. The number of ether oxygens (including phenoxy) is 2. The summed E-state index contributed by atoms with van der Waals surface area (Å²) in [6.45, 7) is 6.43. The third-order valence-corrected chi connectivity index (χ3v) is 5.09. The Bertz CT molecular complexity index is 888. The van der Waals surface area contributed by atoms with E-state index in [9.17, 15) is 0 Å². The van der Waals surface area contributed by atoms with Crippen LogP contribution < -0.4 is 14.8 Å². The molecule has 1 aliphatic rings. The van der Waals surface area contributed by atoms with E-state index in [0.29, 0.717) is 11.8 Å². The summed E-state index contributed by atoms with van der Waals surface area (Å²) in [5, 5.41) is 3.42. The molecule has 3 aromatic rings. The van der Waals surface area contributed by atoms with Gasteiger partial charge in [-0.3, -0.25) is 4.90 Å². The molecule has 0 aromatic heterocycles. The van der Waals surface area contributed by atoms with Crippen molar-refractivity contribution in [1.82, 2.24) is 10.2 Å². The number of hydrogen-bond donors (Lipinski definition) is 1. The summed E-state index contributed by atoms with van der Waals surface area (Å²) in [5.41, 5.74) is 1.23. The zero-order valence-corrected chi connectivity index (χ0v) is 18.6. The molecule has 1 saturated heterocycles. The number of benzene rings is 3. The third-order valence-electron chi connectivity index (χ3n) is 5.09. The van der Waals surface area contributed by atoms with Crippen LogP contribution in [0.15, 0.2) is 78.9 Å². The highest BCUT2D eigenvalue weighted by atomic mass is 35.5. The van der Waals surface area contributed by atoms with Crippen LogP contribution in [0.3, 0.4) is 0 Å². The highest BCUT2D eigenvalue weighted by Gasteiger charge is 2.20. The molecule has 0 radical (unpaired) electrons. The lowest BCUT2D eigenvalue weighted by atomic mass is 10.1. The second-order valence-electron chi connectivity index (χ2n) is 7.00.